The van der Waals surface area contributed by atoms with Crippen molar-refractivity contribution in [2.75, 3.05) is 0 Å². The number of nitrogens with zero attached hydrogens (tertiary/aromatic N) is 1. The SMILES string of the molecule is O=C(O)CCC1N=C(NC(=O)Cc2c(Cl)cccc2Cl)NC1=O. The quantitative estimate of drug-likeness (QED) is 0.739. The van der Waals surface area contributed by atoms with E-state index in [1.54, 1.807) is 18.2 Å². The Morgan fingerprint density at radius 1 is 1.30 bits per heavy atom. The summed E-state index contributed by atoms with van der Waals surface area (Å²) in [7, 11) is 0. The van der Waals surface area contributed by atoms with Crippen LogP contribution in [0, 0.1) is 0 Å². The highest BCUT2D eigenvalue weighted by Crippen LogP contribution is 2.24. The second kappa shape index (κ2) is 7.43. The van der Waals surface area contributed by atoms with Crippen LogP contribution < -0.4 is 10.6 Å². The minimum Gasteiger partial charge on any atom is -0.481 e. The van der Waals surface area contributed by atoms with Gasteiger partial charge in [0, 0.05) is 16.5 Å². The maximum absolute atomic E-state index is 12.0. The third-order valence-corrected chi connectivity index (χ3v) is 3.83. The number of amides is 2. The van der Waals surface area contributed by atoms with Crippen molar-refractivity contribution < 1.29 is 19.5 Å². The molecule has 3 N–H and O–H groups in total. The molecule has 0 radical (unpaired) electrons. The smallest absolute Gasteiger partial charge is 0.303 e. The fourth-order valence-corrected chi connectivity index (χ4v) is 2.54. The molecule has 2 rings (SSSR count). The van der Waals surface area contributed by atoms with E-state index in [-0.39, 0.29) is 25.2 Å². The molecule has 1 aliphatic rings. The predicted octanol–water partition coefficient (Wildman–Crippen LogP) is 1.37. The van der Waals surface area contributed by atoms with Crippen molar-refractivity contribution in [3.63, 3.8) is 0 Å². The van der Waals surface area contributed by atoms with Crippen LogP contribution >= 0.6 is 23.2 Å². The topological polar surface area (TPSA) is 108 Å². The van der Waals surface area contributed by atoms with E-state index >= 15 is 0 Å². The highest BCUT2D eigenvalue weighted by molar-refractivity contribution is 6.36. The lowest BCUT2D eigenvalue weighted by atomic mass is 10.1. The molecule has 1 aromatic rings. The lowest BCUT2D eigenvalue weighted by molar-refractivity contribution is -0.137. The number of carbonyl (C=O) groups is 3. The van der Waals surface area contributed by atoms with E-state index in [1.165, 1.54) is 0 Å². The normalized spacial score (nSPS) is 16.7. The number of rotatable bonds is 5. The first-order valence-electron chi connectivity index (χ1n) is 6.70. The number of carboxylic acids is 1. The summed E-state index contributed by atoms with van der Waals surface area (Å²) in [5, 5.41) is 14.2. The van der Waals surface area contributed by atoms with Gasteiger partial charge >= 0.3 is 5.97 Å². The Morgan fingerprint density at radius 3 is 2.57 bits per heavy atom. The summed E-state index contributed by atoms with van der Waals surface area (Å²) in [4.78, 5) is 38.1. The fourth-order valence-electron chi connectivity index (χ4n) is 2.00. The second-order valence-electron chi connectivity index (χ2n) is 4.84. The van der Waals surface area contributed by atoms with Crippen molar-refractivity contribution in [3.05, 3.63) is 33.8 Å². The first-order valence-corrected chi connectivity index (χ1v) is 7.45. The molecule has 1 unspecified atom stereocenters. The molecule has 1 atom stereocenters. The molecule has 0 saturated carbocycles. The van der Waals surface area contributed by atoms with Gasteiger partial charge in [-0.3, -0.25) is 25.0 Å². The first kappa shape index (κ1) is 17.2. The third-order valence-electron chi connectivity index (χ3n) is 3.12. The monoisotopic (exact) mass is 357 g/mol. The number of benzene rings is 1. The minimum absolute atomic E-state index is 0.00133. The zero-order valence-corrected chi connectivity index (χ0v) is 13.3. The van der Waals surface area contributed by atoms with E-state index in [1.807, 2.05) is 0 Å². The van der Waals surface area contributed by atoms with Gasteiger partial charge in [0.25, 0.3) is 5.91 Å². The number of guanidine groups is 1. The molecule has 9 heteroatoms. The summed E-state index contributed by atoms with van der Waals surface area (Å²) >= 11 is 12.0. The Labute approximate surface area is 141 Å². The van der Waals surface area contributed by atoms with E-state index in [4.69, 9.17) is 28.3 Å². The zero-order valence-electron chi connectivity index (χ0n) is 11.8. The molecule has 0 bridgehead atoms. The lowest BCUT2D eigenvalue weighted by Gasteiger charge is -2.07. The molecule has 7 nitrogen and oxygen atoms in total. The van der Waals surface area contributed by atoms with Gasteiger partial charge in [-0.1, -0.05) is 29.3 Å². The van der Waals surface area contributed by atoms with Gasteiger partial charge < -0.3 is 5.11 Å². The standard InChI is InChI=1S/C14H13Cl2N3O4/c15-8-2-1-3-9(16)7(8)6-11(20)18-14-17-10(13(23)19-14)4-5-12(21)22/h1-3,10H,4-6H2,(H,21,22)(H2,17,18,19,20,23). The molecule has 23 heavy (non-hydrogen) atoms. The van der Waals surface area contributed by atoms with Crippen molar-refractivity contribution in [2.45, 2.75) is 25.3 Å². The van der Waals surface area contributed by atoms with E-state index in [0.29, 0.717) is 15.6 Å². The maximum Gasteiger partial charge on any atom is 0.303 e. The van der Waals surface area contributed by atoms with Crippen LogP contribution in [-0.2, 0) is 20.8 Å². The zero-order chi connectivity index (χ0) is 17.0. The van der Waals surface area contributed by atoms with E-state index in [0.717, 1.165) is 0 Å². The third kappa shape index (κ3) is 4.67. The Hall–Kier alpha value is -2.12. The molecule has 122 valence electrons. The van der Waals surface area contributed by atoms with Crippen LogP contribution in [-0.4, -0.2) is 34.9 Å². The number of carboxylic acid groups (broad SMARTS) is 1. The maximum atomic E-state index is 12.0. The number of aliphatic imine (C=N–C) groups is 1. The van der Waals surface area contributed by atoms with E-state index in [2.05, 4.69) is 15.6 Å². The van der Waals surface area contributed by atoms with Crippen LogP contribution in [0.15, 0.2) is 23.2 Å². The molecule has 1 heterocycles. The van der Waals surface area contributed by atoms with Crippen LogP contribution in [0.2, 0.25) is 10.0 Å². The number of hydrogen-bond donors (Lipinski definition) is 3. The Bertz CT molecular complexity index is 670. The largest absolute Gasteiger partial charge is 0.481 e. The van der Waals surface area contributed by atoms with Gasteiger partial charge in [-0.05, 0) is 24.1 Å². The molecule has 1 aliphatic heterocycles. The van der Waals surface area contributed by atoms with Gasteiger partial charge in [0.05, 0.1) is 6.42 Å². The molecule has 0 aromatic heterocycles. The van der Waals surface area contributed by atoms with Crippen LogP contribution in [0.25, 0.3) is 0 Å². The minimum atomic E-state index is -1.01. The van der Waals surface area contributed by atoms with Gasteiger partial charge in [-0.25, -0.2) is 4.99 Å². The van der Waals surface area contributed by atoms with Crippen LogP contribution in [0.3, 0.4) is 0 Å². The molecule has 0 spiro atoms. The van der Waals surface area contributed by atoms with Crippen molar-refractivity contribution in [3.8, 4) is 0 Å². The summed E-state index contributed by atoms with van der Waals surface area (Å²) in [6.45, 7) is 0. The number of carbonyl (C=O) groups excluding carboxylic acids is 2. The van der Waals surface area contributed by atoms with Gasteiger partial charge in [0.15, 0.2) is 0 Å². The lowest BCUT2D eigenvalue weighted by Crippen LogP contribution is -2.41. The number of halogens is 2. The average Bonchev–Trinajstić information content (AvgIpc) is 2.80. The predicted molar refractivity (Wildman–Crippen MR) is 84.5 cm³/mol. The van der Waals surface area contributed by atoms with E-state index in [9.17, 15) is 14.4 Å². The van der Waals surface area contributed by atoms with Gasteiger partial charge in [0.1, 0.15) is 6.04 Å². The van der Waals surface area contributed by atoms with Crippen molar-refractivity contribution >= 4 is 46.9 Å². The summed E-state index contributed by atoms with van der Waals surface area (Å²) in [5.41, 5.74) is 0.473. The second-order valence-corrected chi connectivity index (χ2v) is 5.65. The highest BCUT2D eigenvalue weighted by Gasteiger charge is 2.27. The highest BCUT2D eigenvalue weighted by atomic mass is 35.5. The average molecular weight is 358 g/mol. The van der Waals surface area contributed by atoms with Crippen molar-refractivity contribution in [1.82, 2.24) is 10.6 Å². The Kier molecular flexibility index (Phi) is 5.57. The molecule has 0 aliphatic carbocycles. The molecule has 1 aromatic carbocycles. The summed E-state index contributed by atoms with van der Waals surface area (Å²) in [6.07, 6.45) is -0.192. The molecular formula is C14H13Cl2N3O4. The van der Waals surface area contributed by atoms with Gasteiger partial charge in [0.2, 0.25) is 11.9 Å². The van der Waals surface area contributed by atoms with Crippen molar-refractivity contribution in [2.24, 2.45) is 4.99 Å². The summed E-state index contributed by atoms with van der Waals surface area (Å²) < 4.78 is 0. The first-order chi connectivity index (χ1) is 10.9. The fraction of sp³-hybridized carbons (Fsp3) is 0.286. The Balaban J connectivity index is 1.96. The van der Waals surface area contributed by atoms with Crippen LogP contribution in [0.1, 0.15) is 18.4 Å². The number of nitrogens with one attached hydrogen (secondary N) is 2. The molecule has 0 saturated heterocycles. The van der Waals surface area contributed by atoms with Crippen LogP contribution in [0.4, 0.5) is 0 Å². The summed E-state index contributed by atoms with van der Waals surface area (Å²) in [5.74, 6) is -1.91. The number of hydrogen-bond acceptors (Lipinski definition) is 4. The van der Waals surface area contributed by atoms with Gasteiger partial charge in [-0.2, -0.15) is 0 Å². The van der Waals surface area contributed by atoms with Crippen LogP contribution in [0.5, 0.6) is 0 Å². The molecular weight excluding hydrogens is 345 g/mol. The summed E-state index contributed by atoms with van der Waals surface area (Å²) in [6, 6.07) is 4.09. The van der Waals surface area contributed by atoms with Gasteiger partial charge in [-0.15, -0.1) is 0 Å². The molecule has 2 amide bonds. The van der Waals surface area contributed by atoms with E-state index < -0.39 is 23.8 Å². The number of aliphatic carboxylic acids is 1. The Morgan fingerprint density at radius 2 is 1.96 bits per heavy atom. The van der Waals surface area contributed by atoms with Crippen molar-refractivity contribution in [1.29, 1.82) is 0 Å². The molecule has 0 fully saturated rings.